The zero-order valence-corrected chi connectivity index (χ0v) is 23.7. The second-order valence-corrected chi connectivity index (χ2v) is 11.9. The number of aliphatic hydroxyl groups excluding tert-OH is 1. The Morgan fingerprint density at radius 2 is 1.80 bits per heavy atom. The van der Waals surface area contributed by atoms with E-state index >= 15 is 0 Å². The lowest BCUT2D eigenvalue weighted by Gasteiger charge is -2.52. The molecule has 1 unspecified atom stereocenters. The van der Waals surface area contributed by atoms with Crippen LogP contribution in [0, 0.1) is 22.7 Å². The van der Waals surface area contributed by atoms with Crippen LogP contribution in [0.5, 0.6) is 0 Å². The summed E-state index contributed by atoms with van der Waals surface area (Å²) in [5.41, 5.74) is -5.47. The number of esters is 4. The summed E-state index contributed by atoms with van der Waals surface area (Å²) in [6.45, 7) is 7.75. The quantitative estimate of drug-likeness (QED) is 0.340. The number of rotatable bonds is 6. The highest BCUT2D eigenvalue weighted by Crippen LogP contribution is 2.55. The number of carbonyl (C=O) groups excluding carboxylic acids is 6. The highest BCUT2D eigenvalue weighted by Gasteiger charge is 2.64. The van der Waals surface area contributed by atoms with E-state index in [1.165, 1.54) is 13.2 Å². The molecule has 0 aromatic rings. The Morgan fingerprint density at radius 1 is 1.15 bits per heavy atom. The monoisotopic (exact) mass is 574 g/mol. The van der Waals surface area contributed by atoms with Gasteiger partial charge in [-0.2, -0.15) is 0 Å². The maximum absolute atomic E-state index is 13.8. The summed E-state index contributed by atoms with van der Waals surface area (Å²) in [4.78, 5) is 77.3. The van der Waals surface area contributed by atoms with E-state index in [2.05, 4.69) is 0 Å². The molecule has 7 atom stereocenters. The van der Waals surface area contributed by atoms with Crippen LogP contribution in [0.15, 0.2) is 34.9 Å². The van der Waals surface area contributed by atoms with E-state index in [0.29, 0.717) is 0 Å². The van der Waals surface area contributed by atoms with Gasteiger partial charge in [-0.1, -0.05) is 33.8 Å². The summed E-state index contributed by atoms with van der Waals surface area (Å²) in [5, 5.41) is 22.2. The van der Waals surface area contributed by atoms with Crippen LogP contribution in [0.2, 0.25) is 0 Å². The fraction of sp³-hybridized carbons (Fsp3) is 0.586. The van der Waals surface area contributed by atoms with Crippen LogP contribution < -0.4 is 0 Å². The molecule has 222 valence electrons. The van der Waals surface area contributed by atoms with Crippen molar-refractivity contribution in [2.45, 2.75) is 78.0 Å². The van der Waals surface area contributed by atoms with Crippen molar-refractivity contribution in [3.05, 3.63) is 34.9 Å². The molecule has 0 saturated heterocycles. The molecule has 0 aromatic carbocycles. The van der Waals surface area contributed by atoms with Gasteiger partial charge in [-0.15, -0.1) is 0 Å². The van der Waals surface area contributed by atoms with Gasteiger partial charge in [0.15, 0.2) is 23.3 Å². The van der Waals surface area contributed by atoms with Crippen molar-refractivity contribution in [3.8, 4) is 0 Å². The van der Waals surface area contributed by atoms with Gasteiger partial charge in [0.25, 0.3) is 0 Å². The van der Waals surface area contributed by atoms with Crippen molar-refractivity contribution in [1.29, 1.82) is 0 Å². The second-order valence-electron chi connectivity index (χ2n) is 11.9. The van der Waals surface area contributed by atoms with Crippen molar-refractivity contribution in [2.75, 3.05) is 7.11 Å². The summed E-state index contributed by atoms with van der Waals surface area (Å²) < 4.78 is 20.6. The summed E-state index contributed by atoms with van der Waals surface area (Å²) >= 11 is 0. The van der Waals surface area contributed by atoms with Crippen molar-refractivity contribution in [2.24, 2.45) is 22.7 Å². The molecule has 1 fully saturated rings. The van der Waals surface area contributed by atoms with Gasteiger partial charge in [0.2, 0.25) is 6.29 Å². The molecule has 0 radical (unpaired) electrons. The Hall–Kier alpha value is -3.64. The van der Waals surface area contributed by atoms with Crippen molar-refractivity contribution in [3.63, 3.8) is 0 Å². The molecular formula is C29H34O12. The Kier molecular flexibility index (Phi) is 7.63. The molecule has 2 N–H and O–H groups in total. The van der Waals surface area contributed by atoms with Crippen molar-refractivity contribution >= 4 is 35.4 Å². The van der Waals surface area contributed by atoms with Gasteiger partial charge < -0.3 is 29.2 Å². The van der Waals surface area contributed by atoms with Crippen LogP contribution in [0.1, 0.15) is 53.9 Å². The van der Waals surface area contributed by atoms with E-state index < -0.39 is 82.2 Å². The molecule has 2 heterocycles. The lowest BCUT2D eigenvalue weighted by Crippen LogP contribution is -2.64. The van der Waals surface area contributed by atoms with Gasteiger partial charge in [-0.3, -0.25) is 19.2 Å². The molecule has 0 aromatic heterocycles. The zero-order valence-electron chi connectivity index (χ0n) is 23.7. The van der Waals surface area contributed by atoms with Crippen molar-refractivity contribution in [1.82, 2.24) is 0 Å². The number of carbonyl (C=O) groups is 6. The lowest BCUT2D eigenvalue weighted by molar-refractivity contribution is -0.172. The molecule has 1 saturated carbocycles. The number of Topliss-reactive ketones (excluding diaryl/α,β-unsaturated/α-hetero) is 2. The first-order valence-electron chi connectivity index (χ1n) is 13.3. The van der Waals surface area contributed by atoms with Crippen LogP contribution in [-0.2, 0) is 47.7 Å². The summed E-state index contributed by atoms with van der Waals surface area (Å²) in [6, 6.07) is 0. The Bertz CT molecular complexity index is 1320. The molecule has 12 heteroatoms. The Balaban J connectivity index is 1.89. The summed E-state index contributed by atoms with van der Waals surface area (Å²) in [7, 11) is 1.24. The predicted molar refractivity (Wildman–Crippen MR) is 137 cm³/mol. The van der Waals surface area contributed by atoms with Gasteiger partial charge in [0.1, 0.15) is 6.10 Å². The first-order chi connectivity index (χ1) is 19.0. The number of hydrogen-bond donors (Lipinski definition) is 2. The van der Waals surface area contributed by atoms with Gasteiger partial charge >= 0.3 is 23.9 Å². The number of ether oxygens (including phenoxy) is 4. The summed E-state index contributed by atoms with van der Waals surface area (Å²) in [6.07, 6.45) is -1.64. The molecule has 41 heavy (non-hydrogen) atoms. The van der Waals surface area contributed by atoms with Gasteiger partial charge in [0.05, 0.1) is 12.7 Å². The second kappa shape index (κ2) is 10.3. The molecule has 4 rings (SSSR count). The number of methoxy groups -OCH3 is 1. The van der Waals surface area contributed by atoms with E-state index in [4.69, 9.17) is 18.9 Å². The first kappa shape index (κ1) is 30.3. The number of ketones is 2. The fourth-order valence-electron chi connectivity index (χ4n) is 6.67. The molecule has 0 bridgehead atoms. The normalized spacial score (nSPS) is 35.3. The summed E-state index contributed by atoms with van der Waals surface area (Å²) in [5.74, 6) is -6.02. The third kappa shape index (κ3) is 4.93. The largest absolute Gasteiger partial charge is 0.469 e. The highest BCUT2D eigenvalue weighted by atomic mass is 16.6. The number of aliphatic hydroxyl groups is 2. The minimum Gasteiger partial charge on any atom is -0.469 e. The van der Waals surface area contributed by atoms with E-state index in [1.807, 2.05) is 0 Å². The van der Waals surface area contributed by atoms with Crippen LogP contribution in [-0.4, -0.2) is 76.9 Å². The maximum atomic E-state index is 13.8. The van der Waals surface area contributed by atoms with Gasteiger partial charge in [-0.25, -0.2) is 9.59 Å². The fourth-order valence-corrected chi connectivity index (χ4v) is 6.67. The Morgan fingerprint density at radius 3 is 2.37 bits per heavy atom. The molecule has 4 aliphatic rings. The molecule has 0 spiro atoms. The number of cyclic esters (lactones) is 2. The highest BCUT2D eigenvalue weighted by molar-refractivity contribution is 6.04. The van der Waals surface area contributed by atoms with Crippen LogP contribution in [0.25, 0.3) is 0 Å². The van der Waals surface area contributed by atoms with Crippen LogP contribution in [0.4, 0.5) is 0 Å². The third-order valence-electron chi connectivity index (χ3n) is 8.81. The minimum absolute atomic E-state index is 0.0154. The minimum atomic E-state index is -2.69. The standard InChI is InChI=1S/C29H34O12/c1-13-17(10-20(32)38-6)27(3,4)12-16(23(13)35)25(39-14(2)30)29(37)18-11-22(34)40-24(15-9-21(33)41-26(15)36)28(18,5)8-7-19(29)31/h9,11-13,17,21,24-25,33,37H,7-8,10H2,1-6H3/t13-,17-,21?,24+,25-,28-,29+/m1/s1. The third-order valence-corrected chi connectivity index (χ3v) is 8.81. The van der Waals surface area contributed by atoms with Crippen LogP contribution in [0.3, 0.4) is 0 Å². The topological polar surface area (TPSA) is 180 Å². The van der Waals surface area contributed by atoms with E-state index in [0.717, 1.165) is 19.1 Å². The number of allylic oxidation sites excluding steroid dienone is 1. The van der Waals surface area contributed by atoms with Gasteiger partial charge in [-0.05, 0) is 29.4 Å². The molecule has 12 nitrogen and oxygen atoms in total. The lowest BCUT2D eigenvalue weighted by atomic mass is 9.55. The average Bonchev–Trinajstić information content (AvgIpc) is 3.23. The molecule has 0 amide bonds. The molecular weight excluding hydrogens is 540 g/mol. The number of fused-ring (bicyclic) bond motifs is 1. The number of hydrogen-bond acceptors (Lipinski definition) is 12. The maximum Gasteiger partial charge on any atom is 0.340 e. The molecule has 2 aliphatic heterocycles. The van der Waals surface area contributed by atoms with Gasteiger partial charge in [0, 0.05) is 42.7 Å². The molecule has 2 aliphatic carbocycles. The van der Waals surface area contributed by atoms with Crippen LogP contribution >= 0.6 is 0 Å². The van der Waals surface area contributed by atoms with E-state index in [1.54, 1.807) is 27.7 Å². The smallest absolute Gasteiger partial charge is 0.340 e. The first-order valence-corrected chi connectivity index (χ1v) is 13.3. The Labute approximate surface area is 236 Å². The van der Waals surface area contributed by atoms with E-state index in [9.17, 15) is 39.0 Å². The SMILES string of the molecule is COC(=O)C[C@@H]1[C@@H](C)C(=O)C([C@@H](OC(C)=O)[C@@]2(O)C(=O)CC[C@]3(C)C2=CC(=O)O[C@H]3C2=CC(O)OC2=O)=CC1(C)C. The zero-order chi connectivity index (χ0) is 30.7. The predicted octanol–water partition coefficient (Wildman–Crippen LogP) is 1.02. The van der Waals surface area contributed by atoms with Crippen molar-refractivity contribution < 1.29 is 57.9 Å². The van der Waals surface area contributed by atoms with E-state index in [-0.39, 0.29) is 36.0 Å². The average molecular weight is 575 g/mol.